The summed E-state index contributed by atoms with van der Waals surface area (Å²) in [4.78, 5) is 0. The minimum atomic E-state index is -0.380. The molecule has 2 N–H and O–H groups in total. The second kappa shape index (κ2) is 5.46. The van der Waals surface area contributed by atoms with E-state index < -0.39 is 0 Å². The zero-order valence-electron chi connectivity index (χ0n) is 9.29. The summed E-state index contributed by atoms with van der Waals surface area (Å²) in [5.41, 5.74) is 6.88. The highest BCUT2D eigenvalue weighted by molar-refractivity contribution is 6.31. The molecule has 0 atom stereocenters. The van der Waals surface area contributed by atoms with Gasteiger partial charge in [0.05, 0.1) is 10.7 Å². The average Bonchev–Trinajstić information content (AvgIpc) is 2.30. The van der Waals surface area contributed by atoms with E-state index in [2.05, 4.69) is 0 Å². The Kier molecular flexibility index (Phi) is 3.94. The largest absolute Gasteiger partial charge is 0.487 e. The van der Waals surface area contributed by atoms with Crippen molar-refractivity contribution in [2.24, 2.45) is 0 Å². The Bertz CT molecular complexity index is 523. The molecule has 2 aromatic carbocycles. The van der Waals surface area contributed by atoms with Crippen LogP contribution in [0.2, 0.25) is 10.0 Å². The van der Waals surface area contributed by atoms with Gasteiger partial charge in [-0.15, -0.1) is 0 Å². The second-order valence-electron chi connectivity index (χ2n) is 3.71. The first kappa shape index (κ1) is 13.0. The molecule has 0 saturated heterocycles. The molecule has 18 heavy (non-hydrogen) atoms. The fraction of sp³-hybridized carbons (Fsp3) is 0.0769. The van der Waals surface area contributed by atoms with Crippen LogP contribution in [0, 0.1) is 5.82 Å². The van der Waals surface area contributed by atoms with Gasteiger partial charge in [0.15, 0.2) is 0 Å². The van der Waals surface area contributed by atoms with Crippen molar-refractivity contribution in [3.8, 4) is 5.75 Å². The van der Waals surface area contributed by atoms with Crippen LogP contribution in [0.3, 0.4) is 0 Å². The molecule has 0 spiro atoms. The summed E-state index contributed by atoms with van der Waals surface area (Å²) in [5.74, 6) is 0.134. The van der Waals surface area contributed by atoms with Crippen molar-refractivity contribution in [1.29, 1.82) is 0 Å². The number of benzene rings is 2. The highest BCUT2D eigenvalue weighted by atomic mass is 35.5. The van der Waals surface area contributed by atoms with Crippen molar-refractivity contribution in [1.82, 2.24) is 0 Å². The van der Waals surface area contributed by atoms with E-state index in [0.29, 0.717) is 27.0 Å². The van der Waals surface area contributed by atoms with Crippen LogP contribution < -0.4 is 10.5 Å². The van der Waals surface area contributed by atoms with Crippen LogP contribution in [-0.2, 0) is 6.61 Å². The lowest BCUT2D eigenvalue weighted by atomic mass is 10.2. The molecule has 94 valence electrons. The van der Waals surface area contributed by atoms with E-state index in [1.165, 1.54) is 12.1 Å². The SMILES string of the molecule is Nc1cc(Cl)ccc1OCc1ccc(F)cc1Cl. The van der Waals surface area contributed by atoms with Crippen LogP contribution in [0.5, 0.6) is 5.75 Å². The summed E-state index contributed by atoms with van der Waals surface area (Å²) in [6.45, 7) is 0.213. The lowest BCUT2D eigenvalue weighted by Crippen LogP contribution is -1.99. The molecule has 2 aromatic rings. The Morgan fingerprint density at radius 1 is 1.11 bits per heavy atom. The number of rotatable bonds is 3. The second-order valence-corrected chi connectivity index (χ2v) is 4.55. The molecule has 0 aliphatic heterocycles. The average molecular weight is 286 g/mol. The van der Waals surface area contributed by atoms with E-state index in [0.717, 1.165) is 0 Å². The number of nitrogens with two attached hydrogens (primary N) is 1. The number of ether oxygens (including phenoxy) is 1. The zero-order valence-corrected chi connectivity index (χ0v) is 10.8. The highest BCUT2D eigenvalue weighted by Gasteiger charge is 2.05. The van der Waals surface area contributed by atoms with Gasteiger partial charge in [-0.25, -0.2) is 4.39 Å². The zero-order chi connectivity index (χ0) is 13.1. The number of hydrogen-bond acceptors (Lipinski definition) is 2. The topological polar surface area (TPSA) is 35.2 Å². The number of hydrogen-bond donors (Lipinski definition) is 1. The lowest BCUT2D eigenvalue weighted by molar-refractivity contribution is 0.308. The molecule has 0 unspecified atom stereocenters. The third kappa shape index (κ3) is 3.06. The van der Waals surface area contributed by atoms with Crippen LogP contribution >= 0.6 is 23.2 Å². The van der Waals surface area contributed by atoms with Gasteiger partial charge in [-0.05, 0) is 30.3 Å². The maximum atomic E-state index is 12.9. The quantitative estimate of drug-likeness (QED) is 0.854. The van der Waals surface area contributed by atoms with Gasteiger partial charge in [-0.3, -0.25) is 0 Å². The third-order valence-electron chi connectivity index (χ3n) is 2.37. The van der Waals surface area contributed by atoms with Crippen LogP contribution in [0.25, 0.3) is 0 Å². The monoisotopic (exact) mass is 285 g/mol. The van der Waals surface area contributed by atoms with Gasteiger partial charge >= 0.3 is 0 Å². The summed E-state index contributed by atoms with van der Waals surface area (Å²) >= 11 is 11.7. The maximum Gasteiger partial charge on any atom is 0.142 e. The number of halogens is 3. The van der Waals surface area contributed by atoms with E-state index in [9.17, 15) is 4.39 Å². The molecule has 0 aliphatic rings. The standard InChI is InChI=1S/C13H10Cl2FNO/c14-9-2-4-13(12(17)5-9)18-7-8-1-3-10(16)6-11(8)15/h1-6H,7,17H2. The van der Waals surface area contributed by atoms with E-state index in [4.69, 9.17) is 33.7 Å². The van der Waals surface area contributed by atoms with Gasteiger partial charge < -0.3 is 10.5 Å². The normalized spacial score (nSPS) is 10.4. The first-order valence-corrected chi connectivity index (χ1v) is 5.93. The van der Waals surface area contributed by atoms with E-state index in [-0.39, 0.29) is 12.4 Å². The first-order chi connectivity index (χ1) is 8.56. The predicted octanol–water partition coefficient (Wildman–Crippen LogP) is 4.29. The van der Waals surface area contributed by atoms with Gasteiger partial charge in [-0.2, -0.15) is 0 Å². The predicted molar refractivity (Wildman–Crippen MR) is 71.6 cm³/mol. The molecule has 5 heteroatoms. The molecule has 0 radical (unpaired) electrons. The van der Waals surface area contributed by atoms with Crippen LogP contribution in [0.4, 0.5) is 10.1 Å². The van der Waals surface area contributed by atoms with Crippen LogP contribution in [0.15, 0.2) is 36.4 Å². The van der Waals surface area contributed by atoms with Crippen molar-refractivity contribution in [2.45, 2.75) is 6.61 Å². The van der Waals surface area contributed by atoms with Gasteiger partial charge in [0, 0.05) is 10.6 Å². The summed E-state index contributed by atoms with van der Waals surface area (Å²) in [5, 5.41) is 0.863. The lowest BCUT2D eigenvalue weighted by Gasteiger charge is -2.10. The Balaban J connectivity index is 2.11. The fourth-order valence-corrected chi connectivity index (χ4v) is 1.85. The summed E-state index contributed by atoms with van der Waals surface area (Å²) in [6.07, 6.45) is 0. The summed E-state index contributed by atoms with van der Waals surface area (Å²) < 4.78 is 18.4. The maximum absolute atomic E-state index is 12.9. The van der Waals surface area contributed by atoms with Crippen molar-refractivity contribution < 1.29 is 9.13 Å². The Hall–Kier alpha value is -1.45. The van der Waals surface area contributed by atoms with Gasteiger partial charge in [0.1, 0.15) is 18.2 Å². The van der Waals surface area contributed by atoms with Crippen molar-refractivity contribution >= 4 is 28.9 Å². The summed E-state index contributed by atoms with van der Waals surface area (Å²) in [7, 11) is 0. The minimum Gasteiger partial charge on any atom is -0.487 e. The number of nitrogen functional groups attached to an aromatic ring is 1. The molecular weight excluding hydrogens is 276 g/mol. The van der Waals surface area contributed by atoms with Gasteiger partial charge in [0.2, 0.25) is 0 Å². The molecule has 0 aliphatic carbocycles. The van der Waals surface area contributed by atoms with Crippen LogP contribution in [-0.4, -0.2) is 0 Å². The molecule has 0 amide bonds. The van der Waals surface area contributed by atoms with Crippen molar-refractivity contribution in [3.05, 3.63) is 57.8 Å². The third-order valence-corrected chi connectivity index (χ3v) is 2.96. The first-order valence-electron chi connectivity index (χ1n) is 5.18. The minimum absolute atomic E-state index is 0.213. The summed E-state index contributed by atoms with van der Waals surface area (Å²) in [6, 6.07) is 9.10. The van der Waals surface area contributed by atoms with Crippen molar-refractivity contribution in [2.75, 3.05) is 5.73 Å². The highest BCUT2D eigenvalue weighted by Crippen LogP contribution is 2.26. The molecule has 2 nitrogen and oxygen atoms in total. The Morgan fingerprint density at radius 2 is 1.89 bits per heavy atom. The molecule has 0 bridgehead atoms. The Labute approximate surface area is 114 Å². The van der Waals surface area contributed by atoms with Gasteiger partial charge in [0.25, 0.3) is 0 Å². The molecule has 0 aromatic heterocycles. The van der Waals surface area contributed by atoms with E-state index >= 15 is 0 Å². The molecule has 0 saturated carbocycles. The van der Waals surface area contributed by atoms with Crippen LogP contribution in [0.1, 0.15) is 5.56 Å². The molecule has 0 heterocycles. The smallest absolute Gasteiger partial charge is 0.142 e. The molecule has 0 fully saturated rings. The van der Waals surface area contributed by atoms with Gasteiger partial charge in [-0.1, -0.05) is 29.3 Å². The fourth-order valence-electron chi connectivity index (χ4n) is 1.45. The van der Waals surface area contributed by atoms with Crippen molar-refractivity contribution in [3.63, 3.8) is 0 Å². The molecule has 2 rings (SSSR count). The van der Waals surface area contributed by atoms with E-state index in [1.807, 2.05) is 0 Å². The molecular formula is C13H10Cl2FNO. The number of anilines is 1. The Morgan fingerprint density at radius 3 is 2.56 bits per heavy atom. The van der Waals surface area contributed by atoms with E-state index in [1.54, 1.807) is 24.3 Å².